The fourth-order valence-electron chi connectivity index (χ4n) is 3.36. The van der Waals surface area contributed by atoms with Crippen LogP contribution in [0.1, 0.15) is 25.8 Å². The van der Waals surface area contributed by atoms with Gasteiger partial charge in [-0.2, -0.15) is 0 Å². The average molecular weight is 552 g/mol. The van der Waals surface area contributed by atoms with Crippen molar-refractivity contribution < 1.29 is 14.3 Å². The summed E-state index contributed by atoms with van der Waals surface area (Å²) in [6, 6.07) is 16.1. The van der Waals surface area contributed by atoms with Crippen LogP contribution in [0.3, 0.4) is 0 Å². The normalized spacial score (nSPS) is 11.8. The molecule has 1 N–H and O–H groups in total. The highest BCUT2D eigenvalue weighted by atomic mass is 79.9. The van der Waals surface area contributed by atoms with Crippen molar-refractivity contribution in [1.82, 2.24) is 10.2 Å². The van der Waals surface area contributed by atoms with Crippen LogP contribution in [0.25, 0.3) is 10.8 Å². The first-order valence-corrected chi connectivity index (χ1v) is 12.2. The highest BCUT2D eigenvalue weighted by molar-refractivity contribution is 9.10. The SMILES string of the molecule is CCCNC(=O)[C@@H](C)N(Cc1ccc(Cl)c(Cl)c1)C(=O)COc1ccc2ccccc2c1Br. The largest absolute Gasteiger partial charge is 0.483 e. The minimum absolute atomic E-state index is 0.193. The van der Waals surface area contributed by atoms with Crippen LogP contribution in [0.5, 0.6) is 5.75 Å². The molecule has 0 spiro atoms. The molecule has 0 radical (unpaired) electrons. The molecule has 3 aromatic carbocycles. The van der Waals surface area contributed by atoms with Crippen molar-refractivity contribution in [2.75, 3.05) is 13.2 Å². The number of hydrogen-bond acceptors (Lipinski definition) is 3. The summed E-state index contributed by atoms with van der Waals surface area (Å²) in [5, 5.41) is 5.71. The molecule has 33 heavy (non-hydrogen) atoms. The van der Waals surface area contributed by atoms with Crippen LogP contribution in [0.15, 0.2) is 59.1 Å². The topological polar surface area (TPSA) is 58.6 Å². The third kappa shape index (κ3) is 6.40. The molecule has 0 saturated heterocycles. The molecular formula is C25H25BrCl2N2O3. The van der Waals surface area contributed by atoms with Crippen LogP contribution in [-0.2, 0) is 16.1 Å². The van der Waals surface area contributed by atoms with Crippen molar-refractivity contribution in [3.05, 3.63) is 74.7 Å². The predicted octanol–water partition coefficient (Wildman–Crippen LogP) is 6.23. The molecular weight excluding hydrogens is 527 g/mol. The van der Waals surface area contributed by atoms with E-state index in [4.69, 9.17) is 27.9 Å². The first kappa shape index (κ1) is 25.3. The summed E-state index contributed by atoms with van der Waals surface area (Å²) in [5.74, 6) is 0.0112. The van der Waals surface area contributed by atoms with Crippen LogP contribution in [0, 0.1) is 0 Å². The van der Waals surface area contributed by atoms with Crippen LogP contribution < -0.4 is 10.1 Å². The van der Waals surface area contributed by atoms with Gasteiger partial charge in [-0.1, -0.05) is 66.5 Å². The number of carbonyl (C=O) groups is 2. The third-order valence-electron chi connectivity index (χ3n) is 5.23. The number of nitrogens with zero attached hydrogens (tertiary/aromatic N) is 1. The van der Waals surface area contributed by atoms with Crippen molar-refractivity contribution in [2.45, 2.75) is 32.9 Å². The Morgan fingerprint density at radius 2 is 1.85 bits per heavy atom. The fourth-order valence-corrected chi connectivity index (χ4v) is 4.29. The lowest BCUT2D eigenvalue weighted by molar-refractivity contribution is -0.142. The second-order valence-electron chi connectivity index (χ2n) is 7.62. The second kappa shape index (κ2) is 11.7. The molecule has 0 bridgehead atoms. The maximum Gasteiger partial charge on any atom is 0.261 e. The summed E-state index contributed by atoms with van der Waals surface area (Å²) >= 11 is 15.7. The van der Waals surface area contributed by atoms with Gasteiger partial charge in [-0.05, 0) is 63.8 Å². The lowest BCUT2D eigenvalue weighted by Crippen LogP contribution is -2.49. The van der Waals surface area contributed by atoms with Crippen LogP contribution in [0.4, 0.5) is 0 Å². The molecule has 0 saturated carbocycles. The van der Waals surface area contributed by atoms with Gasteiger partial charge in [0, 0.05) is 13.1 Å². The zero-order chi connectivity index (χ0) is 24.0. The number of carbonyl (C=O) groups excluding carboxylic acids is 2. The fraction of sp³-hybridized carbons (Fsp3) is 0.280. The number of nitrogens with one attached hydrogen (secondary N) is 1. The summed E-state index contributed by atoms with van der Waals surface area (Å²) in [6.07, 6.45) is 0.804. The summed E-state index contributed by atoms with van der Waals surface area (Å²) in [4.78, 5) is 27.3. The minimum atomic E-state index is -0.692. The summed E-state index contributed by atoms with van der Waals surface area (Å²) in [7, 11) is 0. The molecule has 0 aliphatic carbocycles. The quantitative estimate of drug-likeness (QED) is 0.343. The van der Waals surface area contributed by atoms with Gasteiger partial charge < -0.3 is 15.0 Å². The van der Waals surface area contributed by atoms with E-state index >= 15 is 0 Å². The lowest BCUT2D eigenvalue weighted by atomic mass is 10.1. The van der Waals surface area contributed by atoms with Gasteiger partial charge in [-0.3, -0.25) is 9.59 Å². The van der Waals surface area contributed by atoms with Gasteiger partial charge in [0.1, 0.15) is 11.8 Å². The molecule has 8 heteroatoms. The summed E-state index contributed by atoms with van der Waals surface area (Å²) < 4.78 is 6.64. The van der Waals surface area contributed by atoms with E-state index in [2.05, 4.69) is 21.2 Å². The zero-order valence-electron chi connectivity index (χ0n) is 18.4. The van der Waals surface area contributed by atoms with Gasteiger partial charge in [-0.15, -0.1) is 0 Å². The third-order valence-corrected chi connectivity index (χ3v) is 6.79. The highest BCUT2D eigenvalue weighted by Crippen LogP contribution is 2.33. The molecule has 0 aromatic heterocycles. The number of rotatable bonds is 9. The van der Waals surface area contributed by atoms with Crippen molar-refractivity contribution in [3.8, 4) is 5.75 Å². The van der Waals surface area contributed by atoms with Crippen molar-refractivity contribution in [3.63, 3.8) is 0 Å². The smallest absolute Gasteiger partial charge is 0.261 e. The van der Waals surface area contributed by atoms with E-state index in [-0.39, 0.29) is 25.0 Å². The first-order valence-electron chi connectivity index (χ1n) is 10.6. The van der Waals surface area contributed by atoms with Gasteiger partial charge >= 0.3 is 0 Å². The Kier molecular flexibility index (Phi) is 9.01. The molecule has 174 valence electrons. The van der Waals surface area contributed by atoms with Crippen LogP contribution in [0.2, 0.25) is 10.0 Å². The van der Waals surface area contributed by atoms with Gasteiger partial charge in [0.25, 0.3) is 5.91 Å². The number of fused-ring (bicyclic) bond motifs is 1. The van der Waals surface area contributed by atoms with Gasteiger partial charge in [0.05, 0.1) is 14.5 Å². The second-order valence-corrected chi connectivity index (χ2v) is 9.23. The Morgan fingerprint density at radius 3 is 2.58 bits per heavy atom. The molecule has 3 aromatic rings. The molecule has 5 nitrogen and oxygen atoms in total. The van der Waals surface area contributed by atoms with E-state index in [0.717, 1.165) is 27.2 Å². The van der Waals surface area contributed by atoms with Gasteiger partial charge in [-0.25, -0.2) is 0 Å². The maximum absolute atomic E-state index is 13.2. The van der Waals surface area contributed by atoms with Crippen molar-refractivity contribution in [1.29, 1.82) is 0 Å². The Balaban J connectivity index is 1.79. The standard InChI is InChI=1S/C25H25BrCl2N2O3/c1-3-12-29-25(32)16(2)30(14-17-8-10-20(27)21(28)13-17)23(31)15-33-22-11-9-18-6-4-5-7-19(18)24(22)26/h4-11,13,16H,3,12,14-15H2,1-2H3,(H,29,32)/t16-/m1/s1. The van der Waals surface area contributed by atoms with Crippen LogP contribution in [-0.4, -0.2) is 35.9 Å². The Hall–Kier alpha value is -2.28. The molecule has 0 heterocycles. The number of halogens is 3. The number of amides is 2. The van der Waals surface area contributed by atoms with E-state index in [1.165, 1.54) is 4.90 Å². The molecule has 2 amide bonds. The monoisotopic (exact) mass is 550 g/mol. The number of hydrogen-bond donors (Lipinski definition) is 1. The van der Waals surface area contributed by atoms with Crippen LogP contribution >= 0.6 is 39.1 Å². The maximum atomic E-state index is 13.2. The van der Waals surface area contributed by atoms with E-state index in [1.54, 1.807) is 25.1 Å². The van der Waals surface area contributed by atoms with Crippen molar-refractivity contribution in [2.24, 2.45) is 0 Å². The van der Waals surface area contributed by atoms with Gasteiger partial charge in [0.2, 0.25) is 5.91 Å². The Labute approximate surface area is 212 Å². The zero-order valence-corrected chi connectivity index (χ0v) is 21.5. The number of benzene rings is 3. The molecule has 0 fully saturated rings. The van der Waals surface area contributed by atoms with E-state index < -0.39 is 6.04 Å². The summed E-state index contributed by atoms with van der Waals surface area (Å²) in [5.41, 5.74) is 0.764. The average Bonchev–Trinajstić information content (AvgIpc) is 2.82. The number of ether oxygens (including phenoxy) is 1. The van der Waals surface area contributed by atoms with E-state index in [0.29, 0.717) is 22.3 Å². The molecule has 3 rings (SSSR count). The Bertz CT molecular complexity index is 1160. The lowest BCUT2D eigenvalue weighted by Gasteiger charge is -2.29. The molecule has 1 atom stereocenters. The first-order chi connectivity index (χ1) is 15.8. The van der Waals surface area contributed by atoms with Gasteiger partial charge in [0.15, 0.2) is 6.61 Å². The Morgan fingerprint density at radius 1 is 1.09 bits per heavy atom. The highest BCUT2D eigenvalue weighted by Gasteiger charge is 2.26. The summed E-state index contributed by atoms with van der Waals surface area (Å²) in [6.45, 7) is 4.19. The molecule has 0 unspecified atom stereocenters. The predicted molar refractivity (Wildman–Crippen MR) is 137 cm³/mol. The minimum Gasteiger partial charge on any atom is -0.483 e. The molecule has 0 aliphatic heterocycles. The van der Waals surface area contributed by atoms with E-state index in [1.807, 2.05) is 43.3 Å². The van der Waals surface area contributed by atoms with E-state index in [9.17, 15) is 9.59 Å². The molecule has 0 aliphatic rings. The van der Waals surface area contributed by atoms with Crippen molar-refractivity contribution >= 4 is 61.7 Å².